The van der Waals surface area contributed by atoms with Crippen molar-refractivity contribution in [2.75, 3.05) is 4.90 Å². The van der Waals surface area contributed by atoms with Crippen molar-refractivity contribution in [2.24, 2.45) is 0 Å². The van der Waals surface area contributed by atoms with E-state index in [-0.39, 0.29) is 17.1 Å². The highest BCUT2D eigenvalue weighted by atomic mass is 32.2. The number of benzene rings is 1. The Bertz CT molecular complexity index is 482. The molecule has 19 heavy (non-hydrogen) atoms. The molecule has 2 amide bonds. The zero-order valence-corrected chi connectivity index (χ0v) is 11.6. The smallest absolute Gasteiger partial charge is 0.247 e. The van der Waals surface area contributed by atoms with Crippen LogP contribution in [0.1, 0.15) is 32.1 Å². The molecule has 1 aliphatic carbocycles. The van der Waals surface area contributed by atoms with Gasteiger partial charge in [0, 0.05) is 11.7 Å². The Morgan fingerprint density at radius 3 is 2.42 bits per heavy atom. The molecule has 1 aliphatic heterocycles. The first-order chi connectivity index (χ1) is 9.25. The highest BCUT2D eigenvalue weighted by Crippen LogP contribution is 2.37. The fourth-order valence-electron chi connectivity index (χ4n) is 2.82. The van der Waals surface area contributed by atoms with Gasteiger partial charge in [-0.3, -0.25) is 9.59 Å². The van der Waals surface area contributed by atoms with E-state index in [0.717, 1.165) is 0 Å². The molecule has 0 spiro atoms. The molecule has 1 saturated carbocycles. The number of thioether (sulfide) groups is 1. The summed E-state index contributed by atoms with van der Waals surface area (Å²) in [6.07, 6.45) is 5.25. The molecule has 1 saturated heterocycles. The number of nitrogens with zero attached hydrogens (tertiary/aromatic N) is 1. The molecule has 100 valence electrons. The number of para-hydroxylation sites is 1. The van der Waals surface area contributed by atoms with Crippen LogP contribution in [0.2, 0.25) is 0 Å². The van der Waals surface area contributed by atoms with Crippen molar-refractivity contribution in [1.82, 2.24) is 0 Å². The summed E-state index contributed by atoms with van der Waals surface area (Å²) in [4.78, 5) is 25.8. The number of carbonyl (C=O) groups is 2. The van der Waals surface area contributed by atoms with Crippen molar-refractivity contribution >= 4 is 29.3 Å². The molecule has 0 bridgehead atoms. The summed E-state index contributed by atoms with van der Waals surface area (Å²) in [5.41, 5.74) is 0.701. The summed E-state index contributed by atoms with van der Waals surface area (Å²) in [7, 11) is 0. The van der Waals surface area contributed by atoms with Crippen LogP contribution in [0.4, 0.5) is 5.69 Å². The van der Waals surface area contributed by atoms with Gasteiger partial charge in [0.25, 0.3) is 0 Å². The monoisotopic (exact) mass is 275 g/mol. The molecule has 0 aromatic heterocycles. The van der Waals surface area contributed by atoms with Gasteiger partial charge in [0.05, 0.1) is 10.9 Å². The highest BCUT2D eigenvalue weighted by Gasteiger charge is 2.41. The van der Waals surface area contributed by atoms with E-state index in [1.807, 2.05) is 30.3 Å². The molecule has 0 N–H and O–H groups in total. The lowest BCUT2D eigenvalue weighted by Gasteiger charge is -2.16. The van der Waals surface area contributed by atoms with Gasteiger partial charge in [-0.05, 0) is 25.0 Å². The number of rotatable bonds is 3. The maximum absolute atomic E-state index is 12.4. The van der Waals surface area contributed by atoms with Crippen LogP contribution in [0, 0.1) is 0 Å². The minimum absolute atomic E-state index is 0.0342. The Labute approximate surface area is 117 Å². The summed E-state index contributed by atoms with van der Waals surface area (Å²) >= 11 is 1.71. The second-order valence-electron chi connectivity index (χ2n) is 5.14. The van der Waals surface area contributed by atoms with Gasteiger partial charge in [-0.25, -0.2) is 4.90 Å². The van der Waals surface area contributed by atoms with E-state index in [9.17, 15) is 9.59 Å². The van der Waals surface area contributed by atoms with E-state index in [1.54, 1.807) is 11.8 Å². The van der Waals surface area contributed by atoms with Crippen molar-refractivity contribution < 1.29 is 9.59 Å². The second kappa shape index (κ2) is 5.37. The minimum Gasteiger partial charge on any atom is -0.274 e. The van der Waals surface area contributed by atoms with Gasteiger partial charge >= 0.3 is 0 Å². The zero-order chi connectivity index (χ0) is 13.2. The Balaban J connectivity index is 1.74. The lowest BCUT2D eigenvalue weighted by atomic mass is 10.3. The average Bonchev–Trinajstić information content (AvgIpc) is 3.01. The molecule has 2 fully saturated rings. The first-order valence-electron chi connectivity index (χ1n) is 6.83. The Morgan fingerprint density at radius 1 is 1.05 bits per heavy atom. The van der Waals surface area contributed by atoms with Crippen LogP contribution in [0.15, 0.2) is 30.3 Å². The van der Waals surface area contributed by atoms with Crippen LogP contribution >= 0.6 is 11.8 Å². The zero-order valence-electron chi connectivity index (χ0n) is 10.7. The van der Waals surface area contributed by atoms with Gasteiger partial charge in [-0.2, -0.15) is 0 Å². The highest BCUT2D eigenvalue weighted by molar-refractivity contribution is 8.01. The molecule has 1 atom stereocenters. The fourth-order valence-corrected chi connectivity index (χ4v) is 4.35. The van der Waals surface area contributed by atoms with Crippen molar-refractivity contribution in [3.63, 3.8) is 0 Å². The van der Waals surface area contributed by atoms with E-state index in [1.165, 1.54) is 30.6 Å². The van der Waals surface area contributed by atoms with Crippen LogP contribution in [-0.2, 0) is 9.59 Å². The fraction of sp³-hybridized carbons (Fsp3) is 0.467. The van der Waals surface area contributed by atoms with Crippen molar-refractivity contribution in [3.8, 4) is 0 Å². The van der Waals surface area contributed by atoms with Crippen LogP contribution in [0.25, 0.3) is 0 Å². The predicted molar refractivity (Wildman–Crippen MR) is 77.2 cm³/mol. The molecule has 1 aromatic carbocycles. The van der Waals surface area contributed by atoms with Gasteiger partial charge in [0.1, 0.15) is 0 Å². The number of carbonyl (C=O) groups excluding carboxylic acids is 2. The number of hydrogen-bond acceptors (Lipinski definition) is 3. The molecule has 1 aromatic rings. The quantitative estimate of drug-likeness (QED) is 0.796. The topological polar surface area (TPSA) is 37.4 Å². The number of hydrogen-bond donors (Lipinski definition) is 0. The maximum Gasteiger partial charge on any atom is 0.247 e. The molecule has 4 heteroatoms. The largest absolute Gasteiger partial charge is 0.274 e. The molecule has 3 nitrogen and oxygen atoms in total. The van der Waals surface area contributed by atoms with E-state index < -0.39 is 0 Å². The van der Waals surface area contributed by atoms with Crippen molar-refractivity contribution in [3.05, 3.63) is 30.3 Å². The Morgan fingerprint density at radius 2 is 1.74 bits per heavy atom. The predicted octanol–water partition coefficient (Wildman–Crippen LogP) is 2.99. The molecular weight excluding hydrogens is 258 g/mol. The minimum atomic E-state index is -0.171. The number of amides is 2. The number of anilines is 1. The lowest BCUT2D eigenvalue weighted by Crippen LogP contribution is -2.31. The summed E-state index contributed by atoms with van der Waals surface area (Å²) in [5.74, 6) is -0.0974. The average molecular weight is 275 g/mol. The van der Waals surface area contributed by atoms with Gasteiger partial charge in [-0.15, -0.1) is 11.8 Å². The summed E-state index contributed by atoms with van der Waals surface area (Å²) < 4.78 is 0. The molecule has 2 aliphatic rings. The van der Waals surface area contributed by atoms with E-state index in [4.69, 9.17) is 0 Å². The Hall–Kier alpha value is -1.29. The maximum atomic E-state index is 12.4. The third-order valence-electron chi connectivity index (χ3n) is 3.78. The van der Waals surface area contributed by atoms with E-state index in [0.29, 0.717) is 17.4 Å². The summed E-state index contributed by atoms with van der Waals surface area (Å²) in [5, 5.41) is 0.397. The molecule has 3 rings (SSSR count). The van der Waals surface area contributed by atoms with Crippen LogP contribution in [-0.4, -0.2) is 22.3 Å². The van der Waals surface area contributed by atoms with Crippen LogP contribution < -0.4 is 4.90 Å². The lowest BCUT2D eigenvalue weighted by molar-refractivity contribution is -0.121. The van der Waals surface area contributed by atoms with Crippen molar-refractivity contribution in [2.45, 2.75) is 42.6 Å². The first kappa shape index (κ1) is 12.7. The van der Waals surface area contributed by atoms with Gasteiger partial charge < -0.3 is 0 Å². The number of imide groups is 1. The molecule has 0 radical (unpaired) electrons. The second-order valence-corrected chi connectivity index (χ2v) is 6.65. The van der Waals surface area contributed by atoms with E-state index in [2.05, 4.69) is 0 Å². The summed E-state index contributed by atoms with van der Waals surface area (Å²) in [6.45, 7) is 0. The van der Waals surface area contributed by atoms with Gasteiger partial charge in [0.15, 0.2) is 0 Å². The normalized spacial score (nSPS) is 24.4. The third kappa shape index (κ3) is 2.54. The summed E-state index contributed by atoms with van der Waals surface area (Å²) in [6, 6.07) is 9.23. The molecule has 1 heterocycles. The van der Waals surface area contributed by atoms with Crippen molar-refractivity contribution in [1.29, 1.82) is 0 Å². The van der Waals surface area contributed by atoms with E-state index >= 15 is 0 Å². The molecule has 1 unspecified atom stereocenters. The first-order valence-corrected chi connectivity index (χ1v) is 7.77. The van der Waals surface area contributed by atoms with Gasteiger partial charge in [0.2, 0.25) is 11.8 Å². The standard InChI is InChI=1S/C15H17NO2S/c17-14-10-13(19-12-8-4-5-9-12)15(18)16(14)11-6-2-1-3-7-11/h1-3,6-7,12-13H,4-5,8-10H2. The molecular formula is C15H17NO2S. The van der Waals surface area contributed by atoms with Crippen LogP contribution in [0.5, 0.6) is 0 Å². The van der Waals surface area contributed by atoms with Gasteiger partial charge in [-0.1, -0.05) is 31.0 Å². The SMILES string of the molecule is O=C1CC(SC2CCCC2)C(=O)N1c1ccccc1. The third-order valence-corrected chi connectivity index (χ3v) is 5.33. The van der Waals surface area contributed by atoms with Crippen LogP contribution in [0.3, 0.4) is 0 Å². The Kier molecular flexibility index (Phi) is 3.60.